The van der Waals surface area contributed by atoms with Gasteiger partial charge in [0.15, 0.2) is 5.96 Å². The van der Waals surface area contributed by atoms with Crippen molar-refractivity contribution < 1.29 is 9.53 Å². The van der Waals surface area contributed by atoms with E-state index in [2.05, 4.69) is 4.99 Å². The topological polar surface area (TPSA) is 90.7 Å². The molecule has 11 heavy (non-hydrogen) atoms. The molecular formula is C6H13N3O2. The van der Waals surface area contributed by atoms with Gasteiger partial charge in [-0.05, 0) is 6.92 Å². The molecule has 0 saturated carbocycles. The molecule has 0 fully saturated rings. The minimum absolute atomic E-state index is 0.0346. The van der Waals surface area contributed by atoms with E-state index in [0.717, 1.165) is 6.29 Å². The molecule has 0 aromatic heterocycles. The highest BCUT2D eigenvalue weighted by Crippen LogP contribution is 1.84. The second-order valence-corrected chi connectivity index (χ2v) is 2.02. The molecule has 64 valence electrons. The van der Waals surface area contributed by atoms with E-state index in [1.54, 1.807) is 6.92 Å². The van der Waals surface area contributed by atoms with Crippen LogP contribution in [0.5, 0.6) is 0 Å². The molecule has 0 rings (SSSR count). The van der Waals surface area contributed by atoms with Gasteiger partial charge in [-0.25, -0.2) is 0 Å². The number of hydrogen-bond donors (Lipinski definition) is 2. The second kappa shape index (κ2) is 5.67. The van der Waals surface area contributed by atoms with Crippen LogP contribution < -0.4 is 11.5 Å². The fourth-order valence-electron chi connectivity index (χ4n) is 0.453. The predicted octanol–water partition coefficient (Wildman–Crippen LogP) is -1.14. The molecule has 5 nitrogen and oxygen atoms in total. The van der Waals surface area contributed by atoms with Crippen LogP contribution in [-0.4, -0.2) is 31.5 Å². The molecule has 0 spiro atoms. The molecule has 0 bridgehead atoms. The van der Waals surface area contributed by atoms with Crippen molar-refractivity contribution in [2.45, 2.75) is 13.0 Å². The van der Waals surface area contributed by atoms with E-state index in [-0.39, 0.29) is 12.1 Å². The summed E-state index contributed by atoms with van der Waals surface area (Å²) < 4.78 is 4.96. The van der Waals surface area contributed by atoms with E-state index < -0.39 is 0 Å². The fourth-order valence-corrected chi connectivity index (χ4v) is 0.453. The van der Waals surface area contributed by atoms with Crippen molar-refractivity contribution in [2.75, 3.05) is 13.2 Å². The Morgan fingerprint density at radius 2 is 2.36 bits per heavy atom. The van der Waals surface area contributed by atoms with Crippen molar-refractivity contribution in [1.82, 2.24) is 0 Å². The first kappa shape index (κ1) is 9.90. The highest BCUT2D eigenvalue weighted by atomic mass is 16.5. The summed E-state index contributed by atoms with van der Waals surface area (Å²) in [5, 5.41) is 0. The summed E-state index contributed by atoms with van der Waals surface area (Å²) in [6.45, 7) is 2.40. The van der Waals surface area contributed by atoms with Crippen molar-refractivity contribution in [1.29, 1.82) is 0 Å². The summed E-state index contributed by atoms with van der Waals surface area (Å²) in [4.78, 5) is 13.7. The Bertz CT molecular complexity index is 143. The largest absolute Gasteiger partial charge is 0.370 e. The van der Waals surface area contributed by atoms with Crippen LogP contribution in [0.3, 0.4) is 0 Å². The van der Waals surface area contributed by atoms with Gasteiger partial charge in [0.2, 0.25) is 0 Å². The first-order valence-electron chi connectivity index (χ1n) is 3.29. The Balaban J connectivity index is 3.28. The van der Waals surface area contributed by atoms with Crippen LogP contribution in [0.15, 0.2) is 4.99 Å². The highest BCUT2D eigenvalue weighted by Gasteiger charge is 1.96. The number of aliphatic imine (C=N–C) groups is 1. The zero-order chi connectivity index (χ0) is 8.69. The Morgan fingerprint density at radius 3 is 2.82 bits per heavy atom. The molecule has 0 heterocycles. The van der Waals surface area contributed by atoms with Gasteiger partial charge < -0.3 is 21.0 Å². The average Bonchev–Trinajstić information content (AvgIpc) is 1.97. The zero-order valence-corrected chi connectivity index (χ0v) is 6.49. The predicted molar refractivity (Wildman–Crippen MR) is 42.2 cm³/mol. The summed E-state index contributed by atoms with van der Waals surface area (Å²) in [5.41, 5.74) is 10.1. The lowest BCUT2D eigenvalue weighted by molar-refractivity contribution is -0.116. The summed E-state index contributed by atoms with van der Waals surface area (Å²) in [6, 6.07) is 0. The summed E-state index contributed by atoms with van der Waals surface area (Å²) in [6.07, 6.45) is 0.333. The summed E-state index contributed by atoms with van der Waals surface area (Å²) in [7, 11) is 0. The van der Waals surface area contributed by atoms with Gasteiger partial charge in [-0.15, -0.1) is 0 Å². The maximum Gasteiger partial charge on any atom is 0.185 e. The quantitative estimate of drug-likeness (QED) is 0.230. The minimum Gasteiger partial charge on any atom is -0.370 e. The average molecular weight is 159 g/mol. The molecule has 0 aromatic carbocycles. The second-order valence-electron chi connectivity index (χ2n) is 2.02. The maximum absolute atomic E-state index is 10.0. The third-order valence-corrected chi connectivity index (χ3v) is 0.958. The molecular weight excluding hydrogens is 146 g/mol. The first-order valence-corrected chi connectivity index (χ1v) is 3.29. The molecule has 4 N–H and O–H groups in total. The van der Waals surface area contributed by atoms with Crippen LogP contribution in [-0.2, 0) is 9.53 Å². The Kier molecular flexibility index (Phi) is 5.10. The van der Waals surface area contributed by atoms with Crippen molar-refractivity contribution in [2.24, 2.45) is 16.5 Å². The summed E-state index contributed by atoms with van der Waals surface area (Å²) >= 11 is 0. The van der Waals surface area contributed by atoms with Gasteiger partial charge in [-0.3, -0.25) is 4.99 Å². The van der Waals surface area contributed by atoms with E-state index >= 15 is 0 Å². The van der Waals surface area contributed by atoms with Crippen LogP contribution in [0, 0.1) is 0 Å². The van der Waals surface area contributed by atoms with Crippen LogP contribution in [0.25, 0.3) is 0 Å². The van der Waals surface area contributed by atoms with Gasteiger partial charge in [0.25, 0.3) is 0 Å². The van der Waals surface area contributed by atoms with Crippen LogP contribution in [0.1, 0.15) is 6.92 Å². The zero-order valence-electron chi connectivity index (χ0n) is 6.49. The molecule has 0 aliphatic rings. The van der Waals surface area contributed by atoms with Gasteiger partial charge in [-0.2, -0.15) is 0 Å². The number of carbonyl (C=O) groups excluding carboxylic acids is 1. The third-order valence-electron chi connectivity index (χ3n) is 0.958. The highest BCUT2D eigenvalue weighted by molar-refractivity contribution is 5.75. The van der Waals surface area contributed by atoms with Gasteiger partial charge in [-0.1, -0.05) is 0 Å². The van der Waals surface area contributed by atoms with E-state index in [4.69, 9.17) is 16.2 Å². The van der Waals surface area contributed by atoms with E-state index in [1.165, 1.54) is 0 Å². The number of ether oxygens (including phenoxy) is 1. The maximum atomic E-state index is 10.0. The number of rotatable bonds is 5. The van der Waals surface area contributed by atoms with Crippen molar-refractivity contribution in [3.05, 3.63) is 0 Å². The van der Waals surface area contributed by atoms with Crippen LogP contribution >= 0.6 is 0 Å². The number of hydrogen-bond acceptors (Lipinski definition) is 3. The SMILES string of the molecule is CC(C=O)OCCN=C(N)N. The number of nitrogens with two attached hydrogens (primary N) is 2. The van der Waals surface area contributed by atoms with E-state index in [0.29, 0.717) is 13.2 Å². The lowest BCUT2D eigenvalue weighted by Gasteiger charge is -2.03. The molecule has 0 aromatic rings. The molecule has 0 radical (unpaired) electrons. The van der Waals surface area contributed by atoms with Crippen LogP contribution in [0.4, 0.5) is 0 Å². The molecule has 0 aliphatic heterocycles. The standard InChI is InChI=1S/C6H13N3O2/c1-5(4-10)11-3-2-9-6(7)8/h4-5H,2-3H2,1H3,(H4,7,8,9). The minimum atomic E-state index is -0.385. The monoisotopic (exact) mass is 159 g/mol. The third kappa shape index (κ3) is 6.79. The van der Waals surface area contributed by atoms with Crippen molar-refractivity contribution in [3.8, 4) is 0 Å². The first-order chi connectivity index (χ1) is 5.16. The molecule has 5 heteroatoms. The number of nitrogens with zero attached hydrogens (tertiary/aromatic N) is 1. The Labute approximate surface area is 65.4 Å². The van der Waals surface area contributed by atoms with Gasteiger partial charge in [0.05, 0.1) is 13.2 Å². The number of guanidine groups is 1. The molecule has 0 aliphatic carbocycles. The summed E-state index contributed by atoms with van der Waals surface area (Å²) in [5.74, 6) is 0.0346. The number of carbonyl (C=O) groups is 1. The van der Waals surface area contributed by atoms with Gasteiger partial charge >= 0.3 is 0 Å². The van der Waals surface area contributed by atoms with E-state index in [1.807, 2.05) is 0 Å². The lowest BCUT2D eigenvalue weighted by Crippen LogP contribution is -2.24. The molecule has 1 unspecified atom stereocenters. The van der Waals surface area contributed by atoms with Gasteiger partial charge in [0.1, 0.15) is 12.4 Å². The molecule has 0 saturated heterocycles. The molecule has 1 atom stereocenters. The number of aldehydes is 1. The van der Waals surface area contributed by atoms with Crippen LogP contribution in [0.2, 0.25) is 0 Å². The van der Waals surface area contributed by atoms with Crippen molar-refractivity contribution in [3.63, 3.8) is 0 Å². The normalized spacial score (nSPS) is 12.1. The lowest BCUT2D eigenvalue weighted by atomic mass is 10.5. The van der Waals surface area contributed by atoms with E-state index in [9.17, 15) is 4.79 Å². The molecule has 0 amide bonds. The smallest absolute Gasteiger partial charge is 0.185 e. The van der Waals surface area contributed by atoms with Crippen molar-refractivity contribution >= 4 is 12.2 Å². The fraction of sp³-hybridized carbons (Fsp3) is 0.667. The Hall–Kier alpha value is -1.10. The Morgan fingerprint density at radius 1 is 1.73 bits per heavy atom. The van der Waals surface area contributed by atoms with Gasteiger partial charge in [0, 0.05) is 0 Å².